The molecule has 8 heteroatoms. The first-order chi connectivity index (χ1) is 14.7. The molecule has 7 nitrogen and oxygen atoms in total. The number of morpholine rings is 1. The molecule has 0 saturated carbocycles. The van der Waals surface area contributed by atoms with Crippen molar-refractivity contribution in [3.63, 3.8) is 0 Å². The summed E-state index contributed by atoms with van der Waals surface area (Å²) >= 11 is 0. The summed E-state index contributed by atoms with van der Waals surface area (Å²) in [7, 11) is 0. The molecule has 0 aliphatic carbocycles. The number of nitrogens with one attached hydrogen (secondary N) is 2. The SMILES string of the molecule is CCNC(=NCc1ccc(N2CCOCC2)cc1)NCc1cc(C(CC)CC)no1.I. The van der Waals surface area contributed by atoms with Crippen LogP contribution in [0.5, 0.6) is 0 Å². The molecule has 31 heavy (non-hydrogen) atoms. The van der Waals surface area contributed by atoms with E-state index in [1.807, 2.05) is 0 Å². The van der Waals surface area contributed by atoms with Crippen molar-refractivity contribution in [3.8, 4) is 0 Å². The number of ether oxygens (including phenoxy) is 1. The molecule has 1 aromatic carbocycles. The van der Waals surface area contributed by atoms with E-state index in [2.05, 4.69) is 71.8 Å². The first kappa shape index (κ1) is 25.5. The quantitative estimate of drug-likeness (QED) is 0.281. The molecule has 0 amide bonds. The Morgan fingerprint density at radius 3 is 2.45 bits per heavy atom. The minimum absolute atomic E-state index is 0. The highest BCUT2D eigenvalue weighted by Gasteiger charge is 2.13. The predicted octanol–water partition coefficient (Wildman–Crippen LogP) is 4.29. The molecule has 0 unspecified atom stereocenters. The Morgan fingerprint density at radius 2 is 1.81 bits per heavy atom. The molecule has 1 saturated heterocycles. The average Bonchev–Trinajstić information content (AvgIpc) is 3.26. The van der Waals surface area contributed by atoms with Crippen LogP contribution in [0.15, 0.2) is 39.8 Å². The highest BCUT2D eigenvalue weighted by molar-refractivity contribution is 14.0. The molecular weight excluding hydrogens is 505 g/mol. The third-order valence-corrected chi connectivity index (χ3v) is 5.49. The van der Waals surface area contributed by atoms with Crippen LogP contribution in [0.1, 0.15) is 56.5 Å². The number of hydrogen-bond acceptors (Lipinski definition) is 5. The van der Waals surface area contributed by atoms with Gasteiger partial charge in [-0.3, -0.25) is 0 Å². The number of hydrogen-bond donors (Lipinski definition) is 2. The second-order valence-electron chi connectivity index (χ2n) is 7.55. The van der Waals surface area contributed by atoms with Gasteiger partial charge in [-0.05, 0) is 37.5 Å². The number of guanidine groups is 1. The number of aromatic nitrogens is 1. The van der Waals surface area contributed by atoms with E-state index < -0.39 is 0 Å². The van der Waals surface area contributed by atoms with E-state index in [0.29, 0.717) is 19.0 Å². The number of halogens is 1. The zero-order chi connectivity index (χ0) is 21.2. The fraction of sp³-hybridized carbons (Fsp3) is 0.565. The van der Waals surface area contributed by atoms with Crippen molar-refractivity contribution in [1.82, 2.24) is 15.8 Å². The molecule has 2 N–H and O–H groups in total. The molecule has 0 radical (unpaired) electrons. The average molecular weight is 541 g/mol. The fourth-order valence-corrected chi connectivity index (χ4v) is 3.63. The summed E-state index contributed by atoms with van der Waals surface area (Å²) in [6.45, 7) is 11.9. The van der Waals surface area contributed by atoms with Gasteiger partial charge in [-0.15, -0.1) is 24.0 Å². The van der Waals surface area contributed by atoms with Crippen LogP contribution in [0.25, 0.3) is 0 Å². The maximum absolute atomic E-state index is 5.50. The fourth-order valence-electron chi connectivity index (χ4n) is 3.63. The van der Waals surface area contributed by atoms with Crippen molar-refractivity contribution in [1.29, 1.82) is 0 Å². The number of benzene rings is 1. The number of nitrogens with zero attached hydrogens (tertiary/aromatic N) is 3. The van der Waals surface area contributed by atoms with E-state index in [-0.39, 0.29) is 24.0 Å². The van der Waals surface area contributed by atoms with E-state index in [4.69, 9.17) is 14.3 Å². The molecule has 2 aromatic rings. The molecular formula is C23H36IN5O2. The van der Waals surface area contributed by atoms with Gasteiger partial charge in [0, 0.05) is 37.3 Å². The Bertz CT molecular complexity index is 784. The Kier molecular flexibility index (Phi) is 11.1. The standard InChI is InChI=1S/C23H35N5O2.HI/c1-4-19(5-2)22-15-21(30-27-22)17-26-23(24-6-3)25-16-18-7-9-20(10-8-18)28-11-13-29-14-12-28;/h7-10,15,19H,4-6,11-14,16-17H2,1-3H3,(H2,24,25,26);1H. The van der Waals surface area contributed by atoms with Crippen LogP contribution in [0, 0.1) is 0 Å². The largest absolute Gasteiger partial charge is 0.378 e. The number of anilines is 1. The van der Waals surface area contributed by atoms with Gasteiger partial charge in [0.25, 0.3) is 0 Å². The summed E-state index contributed by atoms with van der Waals surface area (Å²) in [5, 5.41) is 10.9. The van der Waals surface area contributed by atoms with Gasteiger partial charge in [0.15, 0.2) is 11.7 Å². The maximum atomic E-state index is 5.50. The smallest absolute Gasteiger partial charge is 0.191 e. The first-order valence-electron chi connectivity index (χ1n) is 11.1. The zero-order valence-corrected chi connectivity index (χ0v) is 21.2. The lowest BCUT2D eigenvalue weighted by Crippen LogP contribution is -2.36. The molecule has 1 aromatic heterocycles. The van der Waals surface area contributed by atoms with E-state index in [1.165, 1.54) is 11.3 Å². The van der Waals surface area contributed by atoms with Crippen LogP contribution in [0.3, 0.4) is 0 Å². The van der Waals surface area contributed by atoms with Gasteiger partial charge in [0.2, 0.25) is 0 Å². The van der Waals surface area contributed by atoms with E-state index >= 15 is 0 Å². The van der Waals surface area contributed by atoms with Crippen LogP contribution < -0.4 is 15.5 Å². The topological polar surface area (TPSA) is 74.9 Å². The van der Waals surface area contributed by atoms with E-state index in [0.717, 1.165) is 63.1 Å². The third-order valence-electron chi connectivity index (χ3n) is 5.49. The third kappa shape index (κ3) is 7.68. The van der Waals surface area contributed by atoms with Gasteiger partial charge in [0.1, 0.15) is 0 Å². The minimum Gasteiger partial charge on any atom is -0.378 e. The van der Waals surface area contributed by atoms with Crippen molar-refractivity contribution in [3.05, 3.63) is 47.3 Å². The second-order valence-corrected chi connectivity index (χ2v) is 7.55. The van der Waals surface area contributed by atoms with Crippen LogP contribution in [0.4, 0.5) is 5.69 Å². The molecule has 0 spiro atoms. The molecule has 0 bridgehead atoms. The van der Waals surface area contributed by atoms with Gasteiger partial charge in [-0.1, -0.05) is 31.1 Å². The van der Waals surface area contributed by atoms with Crippen molar-refractivity contribution in [2.24, 2.45) is 4.99 Å². The van der Waals surface area contributed by atoms with Crippen molar-refractivity contribution >= 4 is 35.6 Å². The Hall–Kier alpha value is -1.81. The molecule has 1 fully saturated rings. The van der Waals surface area contributed by atoms with Crippen molar-refractivity contribution in [2.75, 3.05) is 37.7 Å². The summed E-state index contributed by atoms with van der Waals surface area (Å²) in [5.74, 6) is 2.07. The molecule has 1 aliphatic heterocycles. The van der Waals surface area contributed by atoms with Gasteiger partial charge in [0.05, 0.1) is 32.0 Å². The normalized spacial score (nSPS) is 14.5. The summed E-state index contributed by atoms with van der Waals surface area (Å²) in [6.07, 6.45) is 2.15. The van der Waals surface area contributed by atoms with Crippen molar-refractivity contribution < 1.29 is 9.26 Å². The Balaban J connectivity index is 0.00000341. The lowest BCUT2D eigenvalue weighted by molar-refractivity contribution is 0.122. The highest BCUT2D eigenvalue weighted by atomic mass is 127. The van der Waals surface area contributed by atoms with Gasteiger partial charge in [-0.2, -0.15) is 0 Å². The molecule has 2 heterocycles. The van der Waals surface area contributed by atoms with Crippen molar-refractivity contribution in [2.45, 2.75) is 52.6 Å². The predicted molar refractivity (Wildman–Crippen MR) is 136 cm³/mol. The van der Waals surface area contributed by atoms with E-state index in [1.54, 1.807) is 0 Å². The summed E-state index contributed by atoms with van der Waals surface area (Å²) < 4.78 is 10.9. The molecule has 1 aliphatic rings. The van der Waals surface area contributed by atoms with Crippen LogP contribution >= 0.6 is 24.0 Å². The molecule has 172 valence electrons. The maximum Gasteiger partial charge on any atom is 0.191 e. The number of rotatable bonds is 9. The van der Waals surface area contributed by atoms with E-state index in [9.17, 15) is 0 Å². The highest BCUT2D eigenvalue weighted by Crippen LogP contribution is 2.22. The Labute approximate surface area is 203 Å². The van der Waals surface area contributed by atoms with Gasteiger partial charge < -0.3 is 24.8 Å². The lowest BCUT2D eigenvalue weighted by Gasteiger charge is -2.28. The first-order valence-corrected chi connectivity index (χ1v) is 11.1. The van der Waals surface area contributed by atoms with Gasteiger partial charge >= 0.3 is 0 Å². The second kappa shape index (κ2) is 13.6. The van der Waals surface area contributed by atoms with Crippen LogP contribution in [-0.4, -0.2) is 44.0 Å². The summed E-state index contributed by atoms with van der Waals surface area (Å²) in [6, 6.07) is 10.7. The minimum atomic E-state index is 0. The number of aliphatic imine (C=N–C) groups is 1. The molecule has 0 atom stereocenters. The van der Waals surface area contributed by atoms with Gasteiger partial charge in [-0.25, -0.2) is 4.99 Å². The Morgan fingerprint density at radius 1 is 1.10 bits per heavy atom. The molecule has 3 rings (SSSR count). The summed E-state index contributed by atoms with van der Waals surface area (Å²) in [5.41, 5.74) is 3.47. The summed E-state index contributed by atoms with van der Waals surface area (Å²) in [4.78, 5) is 7.07. The monoisotopic (exact) mass is 541 g/mol. The van der Waals surface area contributed by atoms with Crippen LogP contribution in [-0.2, 0) is 17.8 Å². The zero-order valence-electron chi connectivity index (χ0n) is 18.9. The lowest BCUT2D eigenvalue weighted by atomic mass is 9.99. The van der Waals surface area contributed by atoms with Crippen LogP contribution in [0.2, 0.25) is 0 Å².